The van der Waals surface area contributed by atoms with Crippen LogP contribution in [0.15, 0.2) is 30.0 Å². The number of carbonyl (C=O) groups excluding carboxylic acids is 1. The van der Waals surface area contributed by atoms with Crippen molar-refractivity contribution in [1.82, 2.24) is 0 Å². The predicted molar refractivity (Wildman–Crippen MR) is 77.5 cm³/mol. The summed E-state index contributed by atoms with van der Waals surface area (Å²) < 4.78 is 5.07. The Kier molecular flexibility index (Phi) is 4.37. The Morgan fingerprint density at radius 3 is 2.65 bits per heavy atom. The standard InChI is InChI=1S/C15H13Cl2NO2/c1-10(19)20-12-4-6-15(9-18,7-5-12)11-2-3-13(16)14(17)8-11/h2-4,8H,5-7H2,1H3/t15-/m0/s1. The first-order valence-corrected chi connectivity index (χ1v) is 6.97. The molecule has 2 rings (SSSR count). The van der Waals surface area contributed by atoms with E-state index >= 15 is 0 Å². The molecule has 0 N–H and O–H groups in total. The molecule has 20 heavy (non-hydrogen) atoms. The van der Waals surface area contributed by atoms with Gasteiger partial charge in [0.1, 0.15) is 5.76 Å². The third-order valence-corrected chi connectivity index (χ3v) is 4.18. The number of rotatable bonds is 2. The van der Waals surface area contributed by atoms with Crippen molar-refractivity contribution in [3.63, 3.8) is 0 Å². The first-order valence-electron chi connectivity index (χ1n) is 6.21. The van der Waals surface area contributed by atoms with Gasteiger partial charge < -0.3 is 4.74 Å². The zero-order chi connectivity index (χ0) is 14.8. The zero-order valence-corrected chi connectivity index (χ0v) is 12.5. The molecule has 0 bridgehead atoms. The summed E-state index contributed by atoms with van der Waals surface area (Å²) >= 11 is 11.9. The minimum atomic E-state index is -0.641. The maximum Gasteiger partial charge on any atom is 0.307 e. The molecule has 3 nitrogen and oxygen atoms in total. The fourth-order valence-electron chi connectivity index (χ4n) is 2.33. The predicted octanol–water partition coefficient (Wildman–Crippen LogP) is 4.39. The second-order valence-electron chi connectivity index (χ2n) is 4.79. The van der Waals surface area contributed by atoms with E-state index in [1.165, 1.54) is 6.92 Å². The largest absolute Gasteiger partial charge is 0.432 e. The fourth-order valence-corrected chi connectivity index (χ4v) is 2.63. The lowest BCUT2D eigenvalue weighted by molar-refractivity contribution is -0.137. The molecule has 5 heteroatoms. The lowest BCUT2D eigenvalue weighted by Gasteiger charge is -2.30. The summed E-state index contributed by atoms with van der Waals surface area (Å²) in [4.78, 5) is 10.9. The molecule has 1 atom stereocenters. The third kappa shape index (κ3) is 2.98. The van der Waals surface area contributed by atoms with Gasteiger partial charge in [-0.25, -0.2) is 0 Å². The van der Waals surface area contributed by atoms with Gasteiger partial charge in [-0.05, 0) is 36.6 Å². The molecule has 0 radical (unpaired) electrons. The average Bonchev–Trinajstić information content (AvgIpc) is 2.42. The van der Waals surface area contributed by atoms with E-state index in [4.69, 9.17) is 27.9 Å². The molecule has 1 aliphatic carbocycles. The van der Waals surface area contributed by atoms with E-state index in [0.717, 1.165) is 5.56 Å². The molecule has 0 saturated carbocycles. The first kappa shape index (κ1) is 14.9. The second-order valence-corrected chi connectivity index (χ2v) is 5.61. The molecule has 1 aromatic carbocycles. The van der Waals surface area contributed by atoms with Crippen LogP contribution in [0.3, 0.4) is 0 Å². The van der Waals surface area contributed by atoms with E-state index in [-0.39, 0.29) is 5.97 Å². The monoisotopic (exact) mass is 309 g/mol. The number of esters is 1. The van der Waals surface area contributed by atoms with Gasteiger partial charge in [0.25, 0.3) is 0 Å². The van der Waals surface area contributed by atoms with Crippen molar-refractivity contribution in [1.29, 1.82) is 5.26 Å². The molecule has 104 valence electrons. The van der Waals surface area contributed by atoms with E-state index in [1.54, 1.807) is 18.2 Å². The van der Waals surface area contributed by atoms with Gasteiger partial charge in [-0.2, -0.15) is 5.26 Å². The third-order valence-electron chi connectivity index (χ3n) is 3.44. The first-order chi connectivity index (χ1) is 9.47. The van der Waals surface area contributed by atoms with Gasteiger partial charge in [-0.3, -0.25) is 4.79 Å². The van der Waals surface area contributed by atoms with Gasteiger partial charge in [0.2, 0.25) is 0 Å². The summed E-state index contributed by atoms with van der Waals surface area (Å²) in [5.74, 6) is 0.290. The van der Waals surface area contributed by atoms with Crippen LogP contribution in [0.5, 0.6) is 0 Å². The van der Waals surface area contributed by atoms with Crippen LogP contribution in [-0.4, -0.2) is 5.97 Å². The van der Waals surface area contributed by atoms with Gasteiger partial charge in [0.15, 0.2) is 0 Å². The topological polar surface area (TPSA) is 50.1 Å². The average molecular weight is 310 g/mol. The summed E-state index contributed by atoms with van der Waals surface area (Å²) in [5, 5.41) is 10.5. The number of benzene rings is 1. The molecular weight excluding hydrogens is 297 g/mol. The second kappa shape index (κ2) is 5.87. The van der Waals surface area contributed by atoms with Crippen LogP contribution < -0.4 is 0 Å². The number of hydrogen-bond donors (Lipinski definition) is 0. The van der Waals surface area contributed by atoms with Gasteiger partial charge in [-0.1, -0.05) is 29.3 Å². The van der Waals surface area contributed by atoms with Crippen molar-refractivity contribution in [2.45, 2.75) is 31.6 Å². The summed E-state index contributed by atoms with van der Waals surface area (Å²) in [7, 11) is 0. The minimum Gasteiger partial charge on any atom is -0.432 e. The molecule has 0 amide bonds. The van der Waals surface area contributed by atoms with Gasteiger partial charge in [-0.15, -0.1) is 0 Å². The number of ether oxygens (including phenoxy) is 1. The quantitative estimate of drug-likeness (QED) is 0.761. The molecule has 0 heterocycles. The van der Waals surface area contributed by atoms with Crippen molar-refractivity contribution in [2.24, 2.45) is 0 Å². The number of halogens is 2. The molecule has 0 fully saturated rings. The Bertz CT molecular complexity index is 619. The molecule has 1 aliphatic rings. The summed E-state index contributed by atoms with van der Waals surface area (Å²) in [6, 6.07) is 7.62. The van der Waals surface area contributed by atoms with Crippen LogP contribution in [0.1, 0.15) is 31.7 Å². The van der Waals surface area contributed by atoms with Crippen LogP contribution in [-0.2, 0) is 14.9 Å². The Labute approximate surface area is 127 Å². The molecule has 1 aromatic rings. The lowest BCUT2D eigenvalue weighted by atomic mass is 9.72. The summed E-state index contributed by atoms with van der Waals surface area (Å²) in [5.41, 5.74) is 0.199. The van der Waals surface area contributed by atoms with Crippen LogP contribution in [0, 0.1) is 11.3 Å². The van der Waals surface area contributed by atoms with Crippen LogP contribution in [0.2, 0.25) is 10.0 Å². The van der Waals surface area contributed by atoms with Gasteiger partial charge in [0, 0.05) is 13.3 Å². The number of hydrogen-bond acceptors (Lipinski definition) is 3. The maximum absolute atomic E-state index is 10.9. The Morgan fingerprint density at radius 2 is 2.15 bits per heavy atom. The highest BCUT2D eigenvalue weighted by Crippen LogP contribution is 2.40. The SMILES string of the molecule is CC(=O)OC1=CC[C@](C#N)(c2ccc(Cl)c(Cl)c2)CC1. The Hall–Kier alpha value is -1.50. The van der Waals surface area contributed by atoms with Gasteiger partial charge >= 0.3 is 5.97 Å². The smallest absolute Gasteiger partial charge is 0.307 e. The van der Waals surface area contributed by atoms with Crippen molar-refractivity contribution in [2.75, 3.05) is 0 Å². The number of nitrogens with zero attached hydrogens (tertiary/aromatic N) is 1. The molecule has 0 saturated heterocycles. The van der Waals surface area contributed by atoms with Crippen molar-refractivity contribution in [3.05, 3.63) is 45.6 Å². The normalized spacial score (nSPS) is 21.8. The molecular formula is C15H13Cl2NO2. The van der Waals surface area contributed by atoms with Crippen LogP contribution in [0.25, 0.3) is 0 Å². The molecule has 0 unspecified atom stereocenters. The van der Waals surface area contributed by atoms with Crippen LogP contribution >= 0.6 is 23.2 Å². The van der Waals surface area contributed by atoms with Crippen molar-refractivity contribution >= 4 is 29.2 Å². The lowest BCUT2D eigenvalue weighted by Crippen LogP contribution is -2.27. The maximum atomic E-state index is 10.9. The van der Waals surface area contributed by atoms with E-state index in [0.29, 0.717) is 35.1 Å². The highest BCUT2D eigenvalue weighted by atomic mass is 35.5. The highest BCUT2D eigenvalue weighted by molar-refractivity contribution is 6.42. The molecule has 0 spiro atoms. The Balaban J connectivity index is 2.29. The molecule has 0 aromatic heterocycles. The van der Waals surface area contributed by atoms with E-state index in [9.17, 15) is 10.1 Å². The van der Waals surface area contributed by atoms with E-state index in [2.05, 4.69) is 6.07 Å². The zero-order valence-electron chi connectivity index (χ0n) is 11.0. The van der Waals surface area contributed by atoms with Gasteiger partial charge in [0.05, 0.1) is 21.5 Å². The number of carbonyl (C=O) groups is 1. The molecule has 0 aliphatic heterocycles. The number of allylic oxidation sites excluding steroid dienone is 2. The highest BCUT2D eigenvalue weighted by Gasteiger charge is 2.35. The van der Waals surface area contributed by atoms with Crippen molar-refractivity contribution in [3.8, 4) is 6.07 Å². The fraction of sp³-hybridized carbons (Fsp3) is 0.333. The van der Waals surface area contributed by atoms with Crippen LogP contribution in [0.4, 0.5) is 0 Å². The van der Waals surface area contributed by atoms with Crippen molar-refractivity contribution < 1.29 is 9.53 Å². The summed E-state index contributed by atoms with van der Waals surface area (Å²) in [6.07, 6.45) is 3.43. The van der Waals surface area contributed by atoms with E-state index < -0.39 is 5.41 Å². The summed E-state index contributed by atoms with van der Waals surface area (Å²) in [6.45, 7) is 1.37. The van der Waals surface area contributed by atoms with E-state index in [1.807, 2.05) is 6.07 Å². The minimum absolute atomic E-state index is 0.338. The Morgan fingerprint density at radius 1 is 1.40 bits per heavy atom. The number of nitriles is 1.